The van der Waals surface area contributed by atoms with Crippen molar-refractivity contribution in [2.24, 2.45) is 0 Å². The lowest BCUT2D eigenvalue weighted by Gasteiger charge is -2.29. The summed E-state index contributed by atoms with van der Waals surface area (Å²) in [5, 5.41) is 19.2. The molecule has 2 rings (SSSR count). The van der Waals surface area contributed by atoms with Crippen LogP contribution in [0.3, 0.4) is 0 Å². The Morgan fingerprint density at radius 2 is 2.00 bits per heavy atom. The molecule has 0 aliphatic heterocycles. The molecule has 0 aliphatic carbocycles. The van der Waals surface area contributed by atoms with E-state index in [0.29, 0.717) is 13.1 Å². The van der Waals surface area contributed by atoms with Crippen molar-refractivity contribution in [3.63, 3.8) is 0 Å². The maximum Gasteiger partial charge on any atom is 0.115 e. The lowest BCUT2D eigenvalue weighted by Crippen LogP contribution is -2.36. The average Bonchev–Trinajstić information content (AvgIpc) is 2.49. The third kappa shape index (κ3) is 4.55. The van der Waals surface area contributed by atoms with E-state index in [-0.39, 0.29) is 18.4 Å². The molecule has 1 atom stereocenters. The molecule has 0 bridgehead atoms. The first-order valence-corrected chi connectivity index (χ1v) is 7.25. The van der Waals surface area contributed by atoms with Gasteiger partial charge in [-0.05, 0) is 36.2 Å². The van der Waals surface area contributed by atoms with Crippen molar-refractivity contribution < 1.29 is 10.2 Å². The maximum absolute atomic E-state index is 9.60. The predicted octanol–water partition coefficient (Wildman–Crippen LogP) is 2.56. The highest BCUT2D eigenvalue weighted by Gasteiger charge is 2.17. The number of nitrogens with zero attached hydrogens (tertiary/aromatic N) is 2. The van der Waals surface area contributed by atoms with Crippen LogP contribution in [0.5, 0.6) is 5.75 Å². The molecule has 1 heterocycles. The second-order valence-corrected chi connectivity index (χ2v) is 5.14. The lowest BCUT2D eigenvalue weighted by molar-refractivity contribution is 0.105. The normalized spacial score (nSPS) is 12.5. The molecule has 4 nitrogen and oxygen atoms in total. The van der Waals surface area contributed by atoms with Crippen molar-refractivity contribution in [3.8, 4) is 5.75 Å². The first kappa shape index (κ1) is 15.5. The number of hydrogen-bond donors (Lipinski definition) is 2. The smallest absolute Gasteiger partial charge is 0.115 e. The molecule has 1 aromatic carbocycles. The van der Waals surface area contributed by atoms with Crippen LogP contribution in [-0.4, -0.2) is 32.7 Å². The van der Waals surface area contributed by atoms with E-state index in [4.69, 9.17) is 0 Å². The van der Waals surface area contributed by atoms with E-state index < -0.39 is 0 Å². The number of rotatable bonds is 7. The summed E-state index contributed by atoms with van der Waals surface area (Å²) in [6.07, 6.45) is 2.64. The molecular weight excluding hydrogens is 264 g/mol. The molecule has 2 aromatic rings. The number of benzene rings is 1. The van der Waals surface area contributed by atoms with Gasteiger partial charge in [0.05, 0.1) is 12.3 Å². The fourth-order valence-corrected chi connectivity index (χ4v) is 2.41. The molecule has 0 spiro atoms. The lowest BCUT2D eigenvalue weighted by atomic mass is 10.1. The van der Waals surface area contributed by atoms with Crippen LogP contribution in [0.1, 0.15) is 24.6 Å². The van der Waals surface area contributed by atoms with E-state index in [1.165, 1.54) is 0 Å². The Kier molecular flexibility index (Phi) is 5.72. The Morgan fingerprint density at radius 3 is 2.62 bits per heavy atom. The van der Waals surface area contributed by atoms with Gasteiger partial charge in [0, 0.05) is 25.3 Å². The van der Waals surface area contributed by atoms with Gasteiger partial charge < -0.3 is 10.2 Å². The first-order valence-electron chi connectivity index (χ1n) is 7.25. The molecular formula is C17H22N2O2. The highest BCUT2D eigenvalue weighted by Crippen LogP contribution is 2.17. The summed E-state index contributed by atoms with van der Waals surface area (Å²) in [6.45, 7) is 3.52. The van der Waals surface area contributed by atoms with Gasteiger partial charge in [0.2, 0.25) is 0 Å². The number of aliphatic hydroxyl groups excluding tert-OH is 1. The molecule has 0 saturated heterocycles. The molecule has 0 saturated carbocycles. The third-order valence-electron chi connectivity index (χ3n) is 3.59. The summed E-state index contributed by atoms with van der Waals surface area (Å²) in [5.74, 6) is 0.266. The average molecular weight is 286 g/mol. The second kappa shape index (κ2) is 7.76. The minimum Gasteiger partial charge on any atom is -0.508 e. The van der Waals surface area contributed by atoms with Gasteiger partial charge in [-0.2, -0.15) is 0 Å². The Morgan fingerprint density at radius 1 is 1.14 bits per heavy atom. The second-order valence-electron chi connectivity index (χ2n) is 5.14. The van der Waals surface area contributed by atoms with Crippen molar-refractivity contribution in [1.82, 2.24) is 9.88 Å². The van der Waals surface area contributed by atoms with Gasteiger partial charge in [-0.15, -0.1) is 0 Å². The predicted molar refractivity (Wildman–Crippen MR) is 82.8 cm³/mol. The third-order valence-corrected chi connectivity index (χ3v) is 3.59. The van der Waals surface area contributed by atoms with Crippen molar-refractivity contribution in [3.05, 3.63) is 59.9 Å². The number of pyridine rings is 1. The van der Waals surface area contributed by atoms with Crippen LogP contribution in [0.25, 0.3) is 0 Å². The van der Waals surface area contributed by atoms with E-state index in [2.05, 4.69) is 16.8 Å². The number of phenolic OH excluding ortho intramolecular Hbond substituents is 1. The van der Waals surface area contributed by atoms with Gasteiger partial charge in [-0.25, -0.2) is 0 Å². The van der Waals surface area contributed by atoms with Crippen molar-refractivity contribution in [2.75, 3.05) is 6.61 Å². The van der Waals surface area contributed by atoms with Crippen molar-refractivity contribution in [2.45, 2.75) is 32.5 Å². The number of hydrogen-bond acceptors (Lipinski definition) is 4. The van der Waals surface area contributed by atoms with Crippen LogP contribution in [0.15, 0.2) is 48.7 Å². The molecule has 21 heavy (non-hydrogen) atoms. The number of aliphatic hydroxyl groups is 1. The van der Waals surface area contributed by atoms with Gasteiger partial charge >= 0.3 is 0 Å². The van der Waals surface area contributed by atoms with Crippen LogP contribution in [0.4, 0.5) is 0 Å². The van der Waals surface area contributed by atoms with Crippen LogP contribution in [-0.2, 0) is 13.1 Å². The molecule has 112 valence electrons. The van der Waals surface area contributed by atoms with E-state index in [0.717, 1.165) is 17.7 Å². The molecule has 0 radical (unpaired) electrons. The highest BCUT2D eigenvalue weighted by molar-refractivity contribution is 5.27. The monoisotopic (exact) mass is 286 g/mol. The Hall–Kier alpha value is -1.91. The zero-order chi connectivity index (χ0) is 15.1. The van der Waals surface area contributed by atoms with E-state index >= 15 is 0 Å². The zero-order valence-corrected chi connectivity index (χ0v) is 12.3. The largest absolute Gasteiger partial charge is 0.508 e. The summed E-state index contributed by atoms with van der Waals surface area (Å²) in [5.41, 5.74) is 2.00. The quantitative estimate of drug-likeness (QED) is 0.821. The number of aromatic hydroxyl groups is 1. The molecule has 4 heteroatoms. The van der Waals surface area contributed by atoms with Gasteiger partial charge in [0.25, 0.3) is 0 Å². The van der Waals surface area contributed by atoms with Gasteiger partial charge in [0.15, 0.2) is 0 Å². The van der Waals surface area contributed by atoms with E-state index in [1.54, 1.807) is 18.3 Å². The van der Waals surface area contributed by atoms with E-state index in [1.807, 2.05) is 30.3 Å². The molecule has 2 N–H and O–H groups in total. The minimum absolute atomic E-state index is 0.0781. The Bertz CT molecular complexity index is 541. The van der Waals surface area contributed by atoms with Gasteiger partial charge in [-0.1, -0.05) is 25.1 Å². The van der Waals surface area contributed by atoms with Crippen LogP contribution in [0, 0.1) is 0 Å². The topological polar surface area (TPSA) is 56.6 Å². The zero-order valence-electron chi connectivity index (χ0n) is 12.3. The summed E-state index contributed by atoms with van der Waals surface area (Å²) in [6, 6.07) is 13.2. The fourth-order valence-electron chi connectivity index (χ4n) is 2.41. The van der Waals surface area contributed by atoms with Crippen molar-refractivity contribution in [1.29, 1.82) is 0 Å². The van der Waals surface area contributed by atoms with Crippen LogP contribution < -0.4 is 0 Å². The molecule has 0 amide bonds. The highest BCUT2D eigenvalue weighted by atomic mass is 16.3. The summed E-state index contributed by atoms with van der Waals surface area (Å²) in [4.78, 5) is 6.55. The Balaban J connectivity index is 2.15. The molecule has 0 fully saturated rings. The summed E-state index contributed by atoms with van der Waals surface area (Å²) >= 11 is 0. The SMILES string of the molecule is CC[C@@H](CO)N(Cc1cccc(O)c1)Cc1ccccn1. The van der Waals surface area contributed by atoms with Crippen molar-refractivity contribution >= 4 is 0 Å². The maximum atomic E-state index is 9.60. The van der Waals surface area contributed by atoms with Crippen LogP contribution in [0.2, 0.25) is 0 Å². The fraction of sp³-hybridized carbons (Fsp3) is 0.353. The first-order chi connectivity index (χ1) is 10.2. The van der Waals surface area contributed by atoms with Crippen LogP contribution >= 0.6 is 0 Å². The Labute approximate surface area is 125 Å². The molecule has 1 aromatic heterocycles. The van der Waals surface area contributed by atoms with Gasteiger partial charge in [0.1, 0.15) is 5.75 Å². The number of phenols is 1. The number of aromatic nitrogens is 1. The standard InChI is InChI=1S/C17H22N2O2/c1-2-16(13-20)19(12-15-7-3-4-9-18-15)11-14-6-5-8-17(21)10-14/h3-10,16,20-21H,2,11-13H2,1H3/t16-/m0/s1. The molecule has 0 aliphatic rings. The molecule has 0 unspecified atom stereocenters. The summed E-state index contributed by atoms with van der Waals surface area (Å²) in [7, 11) is 0. The van der Waals surface area contributed by atoms with E-state index in [9.17, 15) is 10.2 Å². The summed E-state index contributed by atoms with van der Waals surface area (Å²) < 4.78 is 0. The van der Waals surface area contributed by atoms with Gasteiger partial charge in [-0.3, -0.25) is 9.88 Å². The minimum atomic E-state index is 0.0781.